The zero-order valence-corrected chi connectivity index (χ0v) is 34.9. The number of Topliss-reactive ketones (excluding diaryl/α,β-unsaturated/α-hetero) is 2. The first-order valence-corrected chi connectivity index (χ1v) is 20.9. The number of ether oxygens (including phenoxy) is 2. The minimum atomic E-state index is -0.832. The van der Waals surface area contributed by atoms with Crippen LogP contribution >= 0.6 is 23.2 Å². The summed E-state index contributed by atoms with van der Waals surface area (Å²) < 4.78 is 15.1. The van der Waals surface area contributed by atoms with Crippen LogP contribution in [0.1, 0.15) is 88.9 Å². The molecule has 0 bridgehead atoms. The molecule has 2 aliphatic carbocycles. The standard InChI is InChI=1S/C47H46Cl2N4O6/c1-29-43(39-25-37(59-3)21-23-42(39)51(29)27-31-14-18-33(49)19-15-31)45(55)47(57)53(35-10-6-7-11-35)52(34-8-4-5-9-34)46(56)44(54)40-28-50(26-30-12-16-32(48)17-13-30)41-22-20-36(58-2)24-38(40)41/h12-25,28,34-35H,4-11,26-27H2,1-3H3. The van der Waals surface area contributed by atoms with Crippen LogP contribution < -0.4 is 9.47 Å². The van der Waals surface area contributed by atoms with E-state index in [2.05, 4.69) is 0 Å². The second-order valence-electron chi connectivity index (χ2n) is 15.6. The van der Waals surface area contributed by atoms with Gasteiger partial charge in [-0.05, 0) is 104 Å². The van der Waals surface area contributed by atoms with Gasteiger partial charge in [-0.25, -0.2) is 10.0 Å². The molecule has 0 saturated heterocycles. The Morgan fingerprint density at radius 1 is 0.627 bits per heavy atom. The Balaban J connectivity index is 1.21. The Bertz CT molecular complexity index is 2570. The number of carbonyl (C=O) groups excluding carboxylic acids is 4. The quantitative estimate of drug-likeness (QED) is 0.0692. The highest BCUT2D eigenvalue weighted by atomic mass is 35.5. The molecule has 0 aliphatic heterocycles. The third kappa shape index (κ3) is 7.83. The maximum atomic E-state index is 15.2. The number of hydrogen-bond donors (Lipinski definition) is 0. The molecule has 6 aromatic rings. The van der Waals surface area contributed by atoms with E-state index in [9.17, 15) is 4.79 Å². The fourth-order valence-corrected chi connectivity index (χ4v) is 9.21. The Morgan fingerprint density at radius 3 is 1.63 bits per heavy atom. The van der Waals surface area contributed by atoms with Gasteiger partial charge >= 0.3 is 11.8 Å². The fraction of sp³-hybridized carbons (Fsp3) is 0.319. The topological polar surface area (TPSA) is 103 Å². The molecule has 59 heavy (non-hydrogen) atoms. The van der Waals surface area contributed by atoms with Crippen molar-refractivity contribution in [3.8, 4) is 11.5 Å². The first-order chi connectivity index (χ1) is 28.6. The summed E-state index contributed by atoms with van der Waals surface area (Å²) in [6, 6.07) is 25.0. The zero-order valence-electron chi connectivity index (χ0n) is 33.4. The highest BCUT2D eigenvalue weighted by molar-refractivity contribution is 6.47. The number of aromatic nitrogens is 2. The van der Waals surface area contributed by atoms with E-state index in [0.717, 1.165) is 47.8 Å². The molecule has 0 unspecified atom stereocenters. The normalized spacial score (nSPS) is 14.6. The van der Waals surface area contributed by atoms with Crippen molar-refractivity contribution in [2.45, 2.75) is 83.5 Å². The van der Waals surface area contributed by atoms with Crippen LogP contribution in [0, 0.1) is 6.92 Å². The molecule has 2 aliphatic rings. The van der Waals surface area contributed by atoms with E-state index in [1.165, 1.54) is 10.0 Å². The van der Waals surface area contributed by atoms with Crippen LogP contribution in [0.15, 0.2) is 91.1 Å². The molecule has 2 saturated carbocycles. The number of ketones is 2. The summed E-state index contributed by atoms with van der Waals surface area (Å²) in [5.41, 5.74) is 4.45. The van der Waals surface area contributed by atoms with Crippen LogP contribution in [0.3, 0.4) is 0 Å². The summed E-state index contributed by atoms with van der Waals surface area (Å²) in [5.74, 6) is -2.08. The lowest BCUT2D eigenvalue weighted by molar-refractivity contribution is -0.168. The SMILES string of the molecule is COc1ccc2c(c1)c(C(=O)C(=O)N(C1CCCC1)N(C(=O)C(=O)c1c(C)n(Cc3ccc(Cl)cc3)c3ccc(OC)cc13)C1CCCC1)cn2Cc1ccc(Cl)cc1. The minimum Gasteiger partial charge on any atom is -0.497 e. The third-order valence-corrected chi connectivity index (χ3v) is 12.5. The van der Waals surface area contributed by atoms with Gasteiger partial charge < -0.3 is 18.6 Å². The van der Waals surface area contributed by atoms with Gasteiger partial charge in [0.05, 0.1) is 37.4 Å². The monoisotopic (exact) mass is 832 g/mol. The molecule has 12 heteroatoms. The highest BCUT2D eigenvalue weighted by Crippen LogP contribution is 2.36. The van der Waals surface area contributed by atoms with E-state index in [4.69, 9.17) is 32.7 Å². The predicted octanol–water partition coefficient (Wildman–Crippen LogP) is 9.85. The number of carbonyl (C=O) groups is 4. The molecule has 2 heterocycles. The van der Waals surface area contributed by atoms with Crippen molar-refractivity contribution in [3.05, 3.63) is 129 Å². The summed E-state index contributed by atoms with van der Waals surface area (Å²) in [7, 11) is 3.11. The molecular formula is C47H46Cl2N4O6. The number of methoxy groups -OCH3 is 2. The smallest absolute Gasteiger partial charge is 0.313 e. The predicted molar refractivity (Wildman–Crippen MR) is 230 cm³/mol. The molecule has 0 N–H and O–H groups in total. The highest BCUT2D eigenvalue weighted by Gasteiger charge is 2.44. The molecule has 10 nitrogen and oxygen atoms in total. The molecule has 0 spiro atoms. The lowest BCUT2D eigenvalue weighted by Crippen LogP contribution is -2.60. The average Bonchev–Trinajstić information content (AvgIpc) is 4.08. The van der Waals surface area contributed by atoms with Gasteiger partial charge in [0.1, 0.15) is 11.5 Å². The van der Waals surface area contributed by atoms with Crippen LogP contribution in [0.4, 0.5) is 0 Å². The third-order valence-electron chi connectivity index (χ3n) is 12.0. The number of halogens is 2. The van der Waals surface area contributed by atoms with Crippen LogP contribution in [-0.2, 0) is 22.7 Å². The molecule has 0 radical (unpaired) electrons. The Hall–Kier alpha value is -5.58. The van der Waals surface area contributed by atoms with Gasteiger partial charge in [0.15, 0.2) is 0 Å². The van der Waals surface area contributed by atoms with Gasteiger partial charge in [0.2, 0.25) is 0 Å². The van der Waals surface area contributed by atoms with Gasteiger partial charge in [-0.2, -0.15) is 0 Å². The van der Waals surface area contributed by atoms with Crippen molar-refractivity contribution in [2.75, 3.05) is 14.2 Å². The van der Waals surface area contributed by atoms with Crippen molar-refractivity contribution >= 4 is 68.4 Å². The number of amides is 2. The molecular weight excluding hydrogens is 787 g/mol. The first-order valence-electron chi connectivity index (χ1n) is 20.1. The van der Waals surface area contributed by atoms with Crippen LogP contribution in [0.25, 0.3) is 21.8 Å². The van der Waals surface area contributed by atoms with Crippen molar-refractivity contribution in [2.24, 2.45) is 0 Å². The number of nitrogens with zero attached hydrogens (tertiary/aromatic N) is 4. The molecule has 304 valence electrons. The van der Waals surface area contributed by atoms with Crippen LogP contribution in [0.2, 0.25) is 10.0 Å². The summed E-state index contributed by atoms with van der Waals surface area (Å²) in [6.07, 6.45) is 7.44. The van der Waals surface area contributed by atoms with Gasteiger partial charge in [-0.3, -0.25) is 19.2 Å². The van der Waals surface area contributed by atoms with E-state index in [1.54, 1.807) is 32.5 Å². The Morgan fingerprint density at radius 2 is 1.10 bits per heavy atom. The summed E-state index contributed by atoms with van der Waals surface area (Å²) in [4.78, 5) is 60.1. The van der Waals surface area contributed by atoms with Gasteiger partial charge in [-0.15, -0.1) is 0 Å². The number of fused-ring (bicyclic) bond motifs is 2. The van der Waals surface area contributed by atoms with Crippen molar-refractivity contribution < 1.29 is 28.7 Å². The first kappa shape index (κ1) is 40.2. The van der Waals surface area contributed by atoms with Crippen molar-refractivity contribution in [1.82, 2.24) is 19.2 Å². The number of rotatable bonds is 12. The Labute approximate surface area is 353 Å². The largest absolute Gasteiger partial charge is 0.497 e. The number of hydrazine groups is 1. The van der Waals surface area contributed by atoms with Crippen LogP contribution in [-0.4, -0.2) is 68.8 Å². The summed E-state index contributed by atoms with van der Waals surface area (Å²) in [5, 5.41) is 5.10. The second-order valence-corrected chi connectivity index (χ2v) is 16.4. The van der Waals surface area contributed by atoms with Gasteiger partial charge in [0, 0.05) is 56.8 Å². The number of hydrogen-bond acceptors (Lipinski definition) is 6. The zero-order chi connectivity index (χ0) is 41.4. The molecule has 4 aromatic carbocycles. The number of benzene rings is 4. The van der Waals surface area contributed by atoms with Gasteiger partial charge in [-0.1, -0.05) is 73.2 Å². The van der Waals surface area contributed by atoms with E-state index in [-0.39, 0.29) is 11.1 Å². The average molecular weight is 834 g/mol. The minimum absolute atomic E-state index is 0.194. The summed E-state index contributed by atoms with van der Waals surface area (Å²) >= 11 is 12.4. The van der Waals surface area contributed by atoms with Crippen molar-refractivity contribution in [1.29, 1.82) is 0 Å². The van der Waals surface area contributed by atoms with E-state index in [1.807, 2.05) is 88.9 Å². The molecule has 2 amide bonds. The second kappa shape index (κ2) is 17.0. The molecule has 8 rings (SSSR count). The fourth-order valence-electron chi connectivity index (χ4n) is 8.96. The Kier molecular flexibility index (Phi) is 11.6. The van der Waals surface area contributed by atoms with E-state index < -0.39 is 35.5 Å². The lowest BCUT2D eigenvalue weighted by Gasteiger charge is -2.41. The molecule has 0 atom stereocenters. The molecule has 2 aromatic heterocycles. The summed E-state index contributed by atoms with van der Waals surface area (Å²) in [6.45, 7) is 2.68. The van der Waals surface area contributed by atoms with Crippen molar-refractivity contribution in [3.63, 3.8) is 0 Å². The van der Waals surface area contributed by atoms with Crippen LogP contribution in [0.5, 0.6) is 11.5 Å². The maximum Gasteiger partial charge on any atom is 0.313 e. The maximum absolute atomic E-state index is 15.2. The van der Waals surface area contributed by atoms with E-state index >= 15 is 14.4 Å². The van der Waals surface area contributed by atoms with E-state index in [0.29, 0.717) is 76.8 Å². The molecule has 2 fully saturated rings. The van der Waals surface area contributed by atoms with Gasteiger partial charge in [0.25, 0.3) is 11.6 Å². The lowest BCUT2D eigenvalue weighted by atomic mass is 10.0.